The number of unbranched alkanes of at least 4 members (excludes halogenated alkanes) is 2. The SMILES string of the molecule is O.[CH2-]C[C@@H]([S-])CCCCC.[Os+2]. The number of hydrogen-bond acceptors (Lipinski definition) is 1. The molecule has 0 aromatic carbocycles. The molecule has 0 radical (unpaired) electrons. The van der Waals surface area contributed by atoms with Gasteiger partial charge in [-0.3, -0.25) is 0 Å². The van der Waals surface area contributed by atoms with Crippen LogP contribution >= 0.6 is 0 Å². The minimum atomic E-state index is 0. The van der Waals surface area contributed by atoms with Crippen LogP contribution in [0.5, 0.6) is 0 Å². The Kier molecular flexibility index (Phi) is 22.0. The van der Waals surface area contributed by atoms with Crippen LogP contribution in [0.1, 0.15) is 39.0 Å². The molecule has 3 heteroatoms. The van der Waals surface area contributed by atoms with Gasteiger partial charge in [0.25, 0.3) is 0 Å². The van der Waals surface area contributed by atoms with Crippen molar-refractivity contribution in [2.75, 3.05) is 0 Å². The predicted molar refractivity (Wildman–Crippen MR) is 48.9 cm³/mol. The quantitative estimate of drug-likeness (QED) is 0.422. The molecular formula is C8H18OOsS. The molecule has 1 nitrogen and oxygen atoms in total. The van der Waals surface area contributed by atoms with Gasteiger partial charge >= 0.3 is 19.8 Å². The smallest absolute Gasteiger partial charge is 0.792 e. The van der Waals surface area contributed by atoms with E-state index < -0.39 is 0 Å². The van der Waals surface area contributed by atoms with E-state index in [2.05, 4.69) is 13.8 Å². The molecule has 0 unspecified atom stereocenters. The van der Waals surface area contributed by atoms with E-state index in [0.717, 1.165) is 6.42 Å². The zero-order chi connectivity index (χ0) is 7.11. The summed E-state index contributed by atoms with van der Waals surface area (Å²) in [5, 5.41) is 0.427. The van der Waals surface area contributed by atoms with Crippen LogP contribution in [0, 0.1) is 6.92 Å². The van der Waals surface area contributed by atoms with Crippen molar-refractivity contribution in [1.82, 2.24) is 0 Å². The standard InChI is InChI=1S/C8H17S.H2O.Os/c1-3-5-6-7-8(9)4-2;;/h8-9H,2-7H2,1H3;1H2;/q-1;;+2/p-1/t8-;;/m1../s1. The van der Waals surface area contributed by atoms with Gasteiger partial charge in [-0.25, -0.2) is 6.42 Å². The monoisotopic (exact) mass is 354 g/mol. The summed E-state index contributed by atoms with van der Waals surface area (Å²) in [6, 6.07) is 0. The zero-order valence-electron chi connectivity index (χ0n) is 7.08. The van der Waals surface area contributed by atoms with Crippen molar-refractivity contribution in [3.63, 3.8) is 0 Å². The summed E-state index contributed by atoms with van der Waals surface area (Å²) in [6.45, 7) is 5.97. The Balaban J connectivity index is -0.000000320. The van der Waals surface area contributed by atoms with Crippen LogP contribution in [0.4, 0.5) is 0 Å². The summed E-state index contributed by atoms with van der Waals surface area (Å²) in [5.74, 6) is 0. The third-order valence-corrected chi connectivity index (χ3v) is 1.92. The first-order valence-corrected chi connectivity index (χ1v) is 4.23. The number of hydrogen-bond donors (Lipinski definition) is 0. The summed E-state index contributed by atoms with van der Waals surface area (Å²) in [6.07, 6.45) is 6.01. The maximum absolute atomic E-state index is 5.09. The third-order valence-electron chi connectivity index (χ3n) is 1.45. The summed E-state index contributed by atoms with van der Waals surface area (Å²) in [5.41, 5.74) is 0. The molecule has 0 aliphatic rings. The fourth-order valence-electron chi connectivity index (χ4n) is 0.766. The summed E-state index contributed by atoms with van der Waals surface area (Å²) >= 11 is 5.09. The van der Waals surface area contributed by atoms with Gasteiger partial charge in [-0.1, -0.05) is 32.6 Å². The van der Waals surface area contributed by atoms with Crippen molar-refractivity contribution in [2.24, 2.45) is 0 Å². The molecule has 0 rings (SSSR count). The fraction of sp³-hybridized carbons (Fsp3) is 0.875. The summed E-state index contributed by atoms with van der Waals surface area (Å²) in [7, 11) is 0. The zero-order valence-corrected chi connectivity index (χ0v) is 10.4. The van der Waals surface area contributed by atoms with E-state index in [1.54, 1.807) is 0 Å². The molecule has 0 heterocycles. The van der Waals surface area contributed by atoms with Crippen LogP contribution in [-0.4, -0.2) is 10.7 Å². The van der Waals surface area contributed by atoms with Gasteiger partial charge in [-0.2, -0.15) is 5.25 Å². The van der Waals surface area contributed by atoms with Crippen LogP contribution in [0.3, 0.4) is 0 Å². The molecule has 0 saturated heterocycles. The predicted octanol–water partition coefficient (Wildman–Crippen LogP) is 1.88. The molecular weight excluding hydrogens is 334 g/mol. The van der Waals surface area contributed by atoms with Crippen molar-refractivity contribution in [2.45, 2.75) is 44.3 Å². The maximum Gasteiger partial charge on any atom is 2.00 e. The normalized spacial score (nSPS) is 11.2. The van der Waals surface area contributed by atoms with E-state index >= 15 is 0 Å². The van der Waals surface area contributed by atoms with Gasteiger partial charge in [0.2, 0.25) is 0 Å². The minimum absolute atomic E-state index is 0. The Bertz CT molecular complexity index is 62.1. The van der Waals surface area contributed by atoms with Crippen molar-refractivity contribution in [3.05, 3.63) is 6.92 Å². The average molecular weight is 353 g/mol. The van der Waals surface area contributed by atoms with Crippen molar-refractivity contribution in [3.8, 4) is 0 Å². The van der Waals surface area contributed by atoms with E-state index in [-0.39, 0.29) is 25.3 Å². The largest absolute Gasteiger partial charge is 2.00 e. The first-order valence-electron chi connectivity index (χ1n) is 3.76. The molecule has 2 N–H and O–H groups in total. The van der Waals surface area contributed by atoms with Gasteiger partial charge in [-0.05, 0) is 0 Å². The molecule has 0 aliphatic heterocycles. The van der Waals surface area contributed by atoms with Gasteiger partial charge in [0, 0.05) is 0 Å². The summed E-state index contributed by atoms with van der Waals surface area (Å²) in [4.78, 5) is 0. The third kappa shape index (κ3) is 13.9. The van der Waals surface area contributed by atoms with Crippen molar-refractivity contribution in [1.29, 1.82) is 0 Å². The Hall–Kier alpha value is 0.946. The molecule has 0 amide bonds. The topological polar surface area (TPSA) is 31.5 Å². The second-order valence-electron chi connectivity index (χ2n) is 2.41. The summed E-state index contributed by atoms with van der Waals surface area (Å²) < 4.78 is 0. The van der Waals surface area contributed by atoms with Gasteiger partial charge in [-0.15, -0.1) is 0 Å². The fourth-order valence-corrected chi connectivity index (χ4v) is 0.933. The second-order valence-corrected chi connectivity index (χ2v) is 3.07. The van der Waals surface area contributed by atoms with E-state index in [4.69, 9.17) is 12.6 Å². The Morgan fingerprint density at radius 2 is 1.91 bits per heavy atom. The van der Waals surface area contributed by atoms with E-state index in [0.29, 0.717) is 5.25 Å². The second kappa shape index (κ2) is 13.5. The van der Waals surface area contributed by atoms with Gasteiger partial charge in [0.05, 0.1) is 0 Å². The van der Waals surface area contributed by atoms with Crippen molar-refractivity contribution >= 4 is 12.6 Å². The van der Waals surface area contributed by atoms with Crippen LogP contribution in [0.25, 0.3) is 0 Å². The van der Waals surface area contributed by atoms with Crippen LogP contribution < -0.4 is 0 Å². The maximum atomic E-state index is 5.09. The van der Waals surface area contributed by atoms with Crippen LogP contribution in [-0.2, 0) is 32.4 Å². The van der Waals surface area contributed by atoms with E-state index in [9.17, 15) is 0 Å². The van der Waals surface area contributed by atoms with Gasteiger partial charge in [0.1, 0.15) is 0 Å². The Morgan fingerprint density at radius 1 is 1.36 bits per heavy atom. The van der Waals surface area contributed by atoms with Crippen molar-refractivity contribution < 1.29 is 25.3 Å². The van der Waals surface area contributed by atoms with Gasteiger partial charge < -0.3 is 25.0 Å². The number of rotatable bonds is 5. The average Bonchev–Trinajstić information content (AvgIpc) is 1.89. The molecule has 0 aromatic rings. The van der Waals surface area contributed by atoms with E-state index in [1.165, 1.54) is 25.7 Å². The first kappa shape index (κ1) is 17.9. The van der Waals surface area contributed by atoms with Gasteiger partial charge in [0.15, 0.2) is 0 Å². The molecule has 1 atom stereocenters. The molecule has 0 bridgehead atoms. The first-order chi connectivity index (χ1) is 4.31. The molecule has 0 fully saturated rings. The molecule has 70 valence electrons. The Morgan fingerprint density at radius 3 is 2.27 bits per heavy atom. The molecule has 0 saturated carbocycles. The molecule has 0 spiro atoms. The van der Waals surface area contributed by atoms with Crippen LogP contribution in [0.2, 0.25) is 0 Å². The van der Waals surface area contributed by atoms with Crippen LogP contribution in [0.15, 0.2) is 0 Å². The molecule has 0 aromatic heterocycles. The molecule has 0 aliphatic carbocycles. The minimum Gasteiger partial charge on any atom is -0.792 e. The van der Waals surface area contributed by atoms with E-state index in [1.807, 2.05) is 0 Å². The Labute approximate surface area is 89.1 Å². The molecule has 11 heavy (non-hydrogen) atoms.